The van der Waals surface area contributed by atoms with Crippen LogP contribution in [0.5, 0.6) is 0 Å². The molecule has 0 aromatic heterocycles. The highest BCUT2D eigenvalue weighted by Crippen LogP contribution is 2.87. The van der Waals surface area contributed by atoms with Gasteiger partial charge in [0.05, 0.1) is 23.9 Å². The molecule has 0 radical (unpaired) electrons. The number of hydrogen-bond donors (Lipinski definition) is 2. The van der Waals surface area contributed by atoms with E-state index in [0.29, 0.717) is 47.1 Å². The first kappa shape index (κ1) is 34.0. The number of carbonyl (C=O) groups excluding carboxylic acids is 3. The minimum absolute atomic E-state index is 0.0707. The second kappa shape index (κ2) is 12.0. The Kier molecular flexibility index (Phi) is 9.26. The summed E-state index contributed by atoms with van der Waals surface area (Å²) in [6.45, 7) is 11.9. The minimum Gasteiger partial charge on any atom is -0.457 e. The summed E-state index contributed by atoms with van der Waals surface area (Å²) in [6, 6.07) is 0. The van der Waals surface area contributed by atoms with Crippen LogP contribution in [0.25, 0.3) is 0 Å². The highest BCUT2D eigenvalue weighted by Gasteiger charge is 2.80. The van der Waals surface area contributed by atoms with Crippen molar-refractivity contribution < 1.29 is 43.5 Å². The molecule has 5 aliphatic carbocycles. The predicted octanol–water partition coefficient (Wildman–Crippen LogP) is 4.63. The molecule has 5 saturated carbocycles. The third-order valence-electron chi connectivity index (χ3n) is 13.6. The standard InChI is InChI=1S/C34H52O8.CH4O/c1-20(37)40-29(31(4,5)38)24-9-7-22-25(41-24)17-23-21-8-10-26-30(2,3)27(42-28(18-36)39-16-15-35)11-12-34(26)19-33(21,34)14-13-32(22,23)6;1-2/h15,18,21-29,38H,7-14,16-17,19H2,1-6H3;2H,1H3/t21?,22-,23?,24?,25?,26?,27-,28?,29-,32?,33-,34?;/m0./s1. The summed E-state index contributed by atoms with van der Waals surface area (Å²) in [5, 5.41) is 17.8. The summed E-state index contributed by atoms with van der Waals surface area (Å²) >= 11 is 0. The van der Waals surface area contributed by atoms with Gasteiger partial charge < -0.3 is 34.0 Å². The highest BCUT2D eigenvalue weighted by molar-refractivity contribution is 5.66. The van der Waals surface area contributed by atoms with Crippen molar-refractivity contribution in [2.24, 2.45) is 45.3 Å². The number of ether oxygens (including phenoxy) is 4. The van der Waals surface area contributed by atoms with Gasteiger partial charge in [0.1, 0.15) is 12.9 Å². The fourth-order valence-electron chi connectivity index (χ4n) is 12.0. The predicted molar refractivity (Wildman–Crippen MR) is 162 cm³/mol. The molecule has 0 bridgehead atoms. The van der Waals surface area contributed by atoms with Crippen molar-refractivity contribution in [1.82, 2.24) is 0 Å². The molecule has 6 fully saturated rings. The van der Waals surface area contributed by atoms with Crippen LogP contribution in [-0.4, -0.2) is 78.8 Å². The number of aldehydes is 2. The quantitative estimate of drug-likeness (QED) is 0.215. The molecule has 0 aromatic carbocycles. The lowest BCUT2D eigenvalue weighted by Gasteiger charge is -2.59. The zero-order valence-electron chi connectivity index (χ0n) is 27.9. The van der Waals surface area contributed by atoms with Crippen molar-refractivity contribution in [3.8, 4) is 0 Å². The van der Waals surface area contributed by atoms with E-state index in [1.165, 1.54) is 39.0 Å². The Labute approximate surface area is 263 Å². The topological polar surface area (TPSA) is 129 Å². The van der Waals surface area contributed by atoms with Gasteiger partial charge in [0.25, 0.3) is 0 Å². The van der Waals surface area contributed by atoms with Crippen LogP contribution in [0.1, 0.15) is 106 Å². The van der Waals surface area contributed by atoms with Crippen LogP contribution in [0.15, 0.2) is 0 Å². The smallest absolute Gasteiger partial charge is 0.303 e. The largest absolute Gasteiger partial charge is 0.457 e. The molecule has 9 heteroatoms. The molecular formula is C35H56O9. The number of fused-ring (bicyclic) bond motifs is 4. The van der Waals surface area contributed by atoms with Crippen molar-refractivity contribution >= 4 is 18.5 Å². The molecule has 8 unspecified atom stereocenters. The molecule has 9 nitrogen and oxygen atoms in total. The second-order valence-corrected chi connectivity index (χ2v) is 16.1. The van der Waals surface area contributed by atoms with Gasteiger partial charge in [-0.2, -0.15) is 0 Å². The second-order valence-electron chi connectivity index (χ2n) is 16.1. The summed E-state index contributed by atoms with van der Waals surface area (Å²) in [4.78, 5) is 34.3. The van der Waals surface area contributed by atoms with Gasteiger partial charge in [-0.25, -0.2) is 0 Å². The number of carbonyl (C=O) groups is 3. The number of hydrogen-bond acceptors (Lipinski definition) is 9. The zero-order valence-corrected chi connectivity index (χ0v) is 27.9. The number of esters is 1. The molecule has 250 valence electrons. The van der Waals surface area contributed by atoms with E-state index in [4.69, 9.17) is 24.1 Å². The molecule has 1 heterocycles. The number of aliphatic hydroxyl groups excluding tert-OH is 1. The van der Waals surface area contributed by atoms with Gasteiger partial charge in [0.15, 0.2) is 12.4 Å². The van der Waals surface area contributed by atoms with E-state index >= 15 is 0 Å². The maximum atomic E-state index is 11.9. The Bertz CT molecular complexity index is 1080. The summed E-state index contributed by atoms with van der Waals surface area (Å²) in [7, 11) is 1.00. The highest BCUT2D eigenvalue weighted by atomic mass is 16.7. The lowest BCUT2D eigenvalue weighted by atomic mass is 9.46. The molecule has 12 atom stereocenters. The minimum atomic E-state index is -1.16. The monoisotopic (exact) mass is 620 g/mol. The molecule has 0 aromatic rings. The van der Waals surface area contributed by atoms with E-state index in [0.717, 1.165) is 39.2 Å². The fraction of sp³-hybridized carbons (Fsp3) is 0.914. The first-order valence-corrected chi connectivity index (χ1v) is 16.9. The van der Waals surface area contributed by atoms with E-state index in [1.807, 2.05) is 0 Å². The molecule has 2 spiro atoms. The Morgan fingerprint density at radius 1 is 0.977 bits per heavy atom. The number of rotatable bonds is 9. The number of aliphatic hydroxyl groups is 2. The maximum absolute atomic E-state index is 11.9. The molecule has 6 rings (SSSR count). The zero-order chi connectivity index (χ0) is 32.3. The molecule has 6 aliphatic rings. The van der Waals surface area contributed by atoms with Gasteiger partial charge in [0.2, 0.25) is 6.29 Å². The van der Waals surface area contributed by atoms with Crippen LogP contribution in [-0.2, 0) is 33.3 Å². The summed E-state index contributed by atoms with van der Waals surface area (Å²) in [5.41, 5.74) is -0.248. The molecular weight excluding hydrogens is 564 g/mol. The SMILES string of the molecule is CC(=O)O[C@@H](C1CC[C@H]2C(CC3C4CCC5C(C)(C)[C@@H](OC(C=O)OCC=O)CCC56C[C@@]46CCC32C)O1)C(C)(C)O.CO. The molecule has 44 heavy (non-hydrogen) atoms. The third kappa shape index (κ3) is 5.21. The normalized spacial score (nSPS) is 44.5. The van der Waals surface area contributed by atoms with Crippen molar-refractivity contribution in [3.05, 3.63) is 0 Å². The van der Waals surface area contributed by atoms with E-state index in [1.54, 1.807) is 13.8 Å². The average Bonchev–Trinajstić information content (AvgIpc) is 3.55. The van der Waals surface area contributed by atoms with Crippen molar-refractivity contribution in [3.63, 3.8) is 0 Å². The van der Waals surface area contributed by atoms with E-state index in [9.17, 15) is 19.5 Å². The lowest BCUT2D eigenvalue weighted by Crippen LogP contribution is -2.55. The van der Waals surface area contributed by atoms with E-state index in [2.05, 4.69) is 20.8 Å². The van der Waals surface area contributed by atoms with Gasteiger partial charge in [-0.15, -0.1) is 0 Å². The summed E-state index contributed by atoms with van der Waals surface area (Å²) in [5.74, 6) is 2.00. The summed E-state index contributed by atoms with van der Waals surface area (Å²) < 4.78 is 24.0. The Morgan fingerprint density at radius 3 is 2.32 bits per heavy atom. The van der Waals surface area contributed by atoms with Gasteiger partial charge in [-0.05, 0) is 123 Å². The summed E-state index contributed by atoms with van der Waals surface area (Å²) in [6.07, 6.45) is 10.7. The Morgan fingerprint density at radius 2 is 1.68 bits per heavy atom. The van der Waals surface area contributed by atoms with Gasteiger partial charge in [0, 0.05) is 14.0 Å². The van der Waals surface area contributed by atoms with Crippen molar-refractivity contribution in [2.45, 2.75) is 142 Å². The molecule has 0 amide bonds. The van der Waals surface area contributed by atoms with Gasteiger partial charge in [-0.1, -0.05) is 20.8 Å². The van der Waals surface area contributed by atoms with Crippen molar-refractivity contribution in [2.75, 3.05) is 13.7 Å². The first-order chi connectivity index (χ1) is 20.7. The van der Waals surface area contributed by atoms with Crippen LogP contribution in [0.3, 0.4) is 0 Å². The van der Waals surface area contributed by atoms with Crippen LogP contribution >= 0.6 is 0 Å². The van der Waals surface area contributed by atoms with Crippen LogP contribution in [0.2, 0.25) is 0 Å². The maximum Gasteiger partial charge on any atom is 0.303 e. The Balaban J connectivity index is 0.00000188. The van der Waals surface area contributed by atoms with E-state index in [-0.39, 0.29) is 41.7 Å². The molecule has 1 aliphatic heterocycles. The van der Waals surface area contributed by atoms with Crippen LogP contribution in [0.4, 0.5) is 0 Å². The lowest BCUT2D eigenvalue weighted by molar-refractivity contribution is -0.216. The molecule has 1 saturated heterocycles. The van der Waals surface area contributed by atoms with Gasteiger partial charge in [-0.3, -0.25) is 9.59 Å². The van der Waals surface area contributed by atoms with E-state index < -0.39 is 18.0 Å². The molecule has 2 N–H and O–H groups in total. The van der Waals surface area contributed by atoms with Crippen LogP contribution < -0.4 is 0 Å². The van der Waals surface area contributed by atoms with Crippen LogP contribution in [0, 0.1) is 45.3 Å². The fourth-order valence-corrected chi connectivity index (χ4v) is 12.0. The average molecular weight is 621 g/mol. The van der Waals surface area contributed by atoms with Crippen molar-refractivity contribution in [1.29, 1.82) is 0 Å². The Hall–Kier alpha value is -1.39. The first-order valence-electron chi connectivity index (χ1n) is 16.9. The third-order valence-corrected chi connectivity index (χ3v) is 13.6. The van der Waals surface area contributed by atoms with Gasteiger partial charge >= 0.3 is 5.97 Å².